The van der Waals surface area contributed by atoms with Gasteiger partial charge in [-0.3, -0.25) is 0 Å². The molecule has 0 atom stereocenters. The van der Waals surface area contributed by atoms with Gasteiger partial charge in [0.1, 0.15) is 12.4 Å². The molecule has 0 heterocycles. The number of halogens is 1. The maximum Gasteiger partial charge on any atom is 0.332 e. The molecule has 1 aromatic rings. The van der Waals surface area contributed by atoms with Crippen molar-refractivity contribution < 1.29 is 18.7 Å². The Bertz CT molecular complexity index is 371. The van der Waals surface area contributed by atoms with E-state index in [1.165, 1.54) is 12.1 Å². The van der Waals surface area contributed by atoms with E-state index in [0.29, 0.717) is 26.3 Å². The summed E-state index contributed by atoms with van der Waals surface area (Å²) >= 11 is 0. The minimum atomic E-state index is -0.359. The van der Waals surface area contributed by atoms with Crippen LogP contribution in [0.2, 0.25) is 0 Å². The molecule has 1 rings (SSSR count). The Morgan fingerprint density at radius 3 is 3.00 bits per heavy atom. The molecule has 100 valence electrons. The first kappa shape index (κ1) is 14.6. The van der Waals surface area contributed by atoms with Crippen LogP contribution in [0, 0.1) is 5.82 Å². The van der Waals surface area contributed by atoms with Crippen LogP contribution in [0.25, 0.3) is 0 Å². The lowest BCUT2D eigenvalue weighted by atomic mass is 10.2. The van der Waals surface area contributed by atoms with E-state index in [1.54, 1.807) is 13.0 Å². The smallest absolute Gasteiger partial charge is 0.332 e. The Morgan fingerprint density at radius 1 is 1.44 bits per heavy atom. The number of hydrogen-bond donors (Lipinski definition) is 1. The van der Waals surface area contributed by atoms with Gasteiger partial charge in [-0.15, -0.1) is 0 Å². The van der Waals surface area contributed by atoms with Crippen molar-refractivity contribution in [2.75, 3.05) is 26.4 Å². The molecule has 18 heavy (non-hydrogen) atoms. The van der Waals surface area contributed by atoms with Gasteiger partial charge in [0.2, 0.25) is 0 Å². The van der Waals surface area contributed by atoms with Crippen LogP contribution in [-0.2, 0) is 20.8 Å². The van der Waals surface area contributed by atoms with Crippen LogP contribution in [0.15, 0.2) is 24.3 Å². The van der Waals surface area contributed by atoms with Crippen LogP contribution in [-0.4, -0.2) is 32.3 Å². The molecule has 0 aliphatic rings. The lowest BCUT2D eigenvalue weighted by molar-refractivity contribution is -0.148. The van der Waals surface area contributed by atoms with E-state index in [4.69, 9.17) is 9.47 Å². The second kappa shape index (κ2) is 8.60. The van der Waals surface area contributed by atoms with Crippen molar-refractivity contribution in [2.24, 2.45) is 0 Å². The fraction of sp³-hybridized carbons (Fsp3) is 0.462. The van der Waals surface area contributed by atoms with Crippen molar-refractivity contribution in [2.45, 2.75) is 13.5 Å². The van der Waals surface area contributed by atoms with E-state index in [1.807, 2.05) is 6.07 Å². The van der Waals surface area contributed by atoms with Gasteiger partial charge in [-0.2, -0.15) is 0 Å². The molecule has 0 unspecified atom stereocenters. The summed E-state index contributed by atoms with van der Waals surface area (Å²) in [4.78, 5) is 10.9. The Labute approximate surface area is 106 Å². The molecule has 1 N–H and O–H groups in total. The largest absolute Gasteiger partial charge is 0.464 e. The van der Waals surface area contributed by atoms with Gasteiger partial charge in [0.15, 0.2) is 0 Å². The molecular weight excluding hydrogens is 237 g/mol. The molecule has 0 amide bonds. The molecule has 0 spiro atoms. The van der Waals surface area contributed by atoms with Gasteiger partial charge < -0.3 is 14.8 Å². The number of esters is 1. The van der Waals surface area contributed by atoms with Crippen LogP contribution in [0.1, 0.15) is 12.5 Å². The van der Waals surface area contributed by atoms with E-state index in [-0.39, 0.29) is 18.4 Å². The Balaban J connectivity index is 2.04. The summed E-state index contributed by atoms with van der Waals surface area (Å²) in [7, 11) is 0. The molecule has 0 saturated heterocycles. The molecule has 0 saturated carbocycles. The minimum absolute atomic E-state index is 0.0323. The predicted octanol–water partition coefficient (Wildman–Crippen LogP) is 1.49. The molecule has 1 aromatic carbocycles. The molecule has 0 fully saturated rings. The molecule has 5 heteroatoms. The highest BCUT2D eigenvalue weighted by Gasteiger charge is 2.00. The molecule has 0 aliphatic heterocycles. The third kappa shape index (κ3) is 6.32. The van der Waals surface area contributed by atoms with Crippen molar-refractivity contribution in [1.29, 1.82) is 0 Å². The third-order valence-corrected chi connectivity index (χ3v) is 2.17. The zero-order valence-electron chi connectivity index (χ0n) is 10.4. The number of ether oxygens (including phenoxy) is 2. The number of benzene rings is 1. The summed E-state index contributed by atoms with van der Waals surface area (Å²) < 4.78 is 22.7. The number of rotatable bonds is 8. The van der Waals surface area contributed by atoms with Crippen molar-refractivity contribution >= 4 is 5.97 Å². The molecule has 0 aromatic heterocycles. The highest BCUT2D eigenvalue weighted by Crippen LogP contribution is 2.02. The zero-order chi connectivity index (χ0) is 13.2. The van der Waals surface area contributed by atoms with Crippen molar-refractivity contribution in [3.05, 3.63) is 35.6 Å². The first-order valence-corrected chi connectivity index (χ1v) is 5.91. The molecule has 0 bridgehead atoms. The molecule has 0 aliphatic carbocycles. The SMILES string of the molecule is CCOC(=O)COCCNCc1cccc(F)c1. The molecular formula is C13H18FNO3. The average Bonchev–Trinajstić information content (AvgIpc) is 2.34. The standard InChI is InChI=1S/C13H18FNO3/c1-2-18-13(16)10-17-7-6-15-9-11-4-3-5-12(14)8-11/h3-5,8,15H,2,6-7,9-10H2,1H3. The van der Waals surface area contributed by atoms with E-state index >= 15 is 0 Å². The molecule has 0 radical (unpaired) electrons. The van der Waals surface area contributed by atoms with Gasteiger partial charge in [-0.05, 0) is 24.6 Å². The van der Waals surface area contributed by atoms with E-state index in [0.717, 1.165) is 5.56 Å². The third-order valence-electron chi connectivity index (χ3n) is 2.17. The summed E-state index contributed by atoms with van der Waals surface area (Å²) in [6, 6.07) is 6.40. The van der Waals surface area contributed by atoms with Crippen LogP contribution in [0.3, 0.4) is 0 Å². The van der Waals surface area contributed by atoms with E-state index < -0.39 is 0 Å². The van der Waals surface area contributed by atoms with E-state index in [2.05, 4.69) is 5.32 Å². The summed E-state index contributed by atoms with van der Waals surface area (Å²) in [6.07, 6.45) is 0. The summed E-state index contributed by atoms with van der Waals surface area (Å²) in [6.45, 7) is 3.65. The first-order chi connectivity index (χ1) is 8.72. The minimum Gasteiger partial charge on any atom is -0.464 e. The highest BCUT2D eigenvalue weighted by atomic mass is 19.1. The summed E-state index contributed by atoms with van der Waals surface area (Å²) in [5.41, 5.74) is 0.875. The average molecular weight is 255 g/mol. The normalized spacial score (nSPS) is 10.3. The monoisotopic (exact) mass is 255 g/mol. The number of hydrogen-bond acceptors (Lipinski definition) is 4. The Morgan fingerprint density at radius 2 is 2.28 bits per heavy atom. The van der Waals surface area contributed by atoms with Gasteiger partial charge in [-0.1, -0.05) is 12.1 Å². The van der Waals surface area contributed by atoms with Gasteiger partial charge >= 0.3 is 5.97 Å². The molecule has 4 nitrogen and oxygen atoms in total. The maximum atomic E-state index is 12.9. The summed E-state index contributed by atoms with van der Waals surface area (Å²) in [5, 5.41) is 3.09. The van der Waals surface area contributed by atoms with Crippen LogP contribution >= 0.6 is 0 Å². The quantitative estimate of drug-likeness (QED) is 0.565. The summed E-state index contributed by atoms with van der Waals surface area (Å²) in [5.74, 6) is -0.601. The Hall–Kier alpha value is -1.46. The van der Waals surface area contributed by atoms with Gasteiger partial charge in [0, 0.05) is 13.1 Å². The van der Waals surface area contributed by atoms with Gasteiger partial charge in [0.05, 0.1) is 13.2 Å². The van der Waals surface area contributed by atoms with Gasteiger partial charge in [-0.25, -0.2) is 9.18 Å². The highest BCUT2D eigenvalue weighted by molar-refractivity contribution is 5.70. The van der Waals surface area contributed by atoms with Crippen LogP contribution < -0.4 is 5.32 Å². The van der Waals surface area contributed by atoms with Crippen molar-refractivity contribution in [1.82, 2.24) is 5.32 Å². The fourth-order valence-corrected chi connectivity index (χ4v) is 1.38. The Kier molecular flexibility index (Phi) is 6.98. The number of carbonyl (C=O) groups is 1. The maximum absolute atomic E-state index is 12.9. The lowest BCUT2D eigenvalue weighted by Gasteiger charge is -2.06. The van der Waals surface area contributed by atoms with Gasteiger partial charge in [0.25, 0.3) is 0 Å². The zero-order valence-corrected chi connectivity index (χ0v) is 10.4. The topological polar surface area (TPSA) is 47.6 Å². The predicted molar refractivity (Wildman–Crippen MR) is 65.6 cm³/mol. The number of carbonyl (C=O) groups excluding carboxylic acids is 1. The van der Waals surface area contributed by atoms with Crippen LogP contribution in [0.4, 0.5) is 4.39 Å². The first-order valence-electron chi connectivity index (χ1n) is 5.91. The van der Waals surface area contributed by atoms with E-state index in [9.17, 15) is 9.18 Å². The lowest BCUT2D eigenvalue weighted by Crippen LogP contribution is -2.21. The van der Waals surface area contributed by atoms with Crippen molar-refractivity contribution in [3.8, 4) is 0 Å². The number of nitrogens with one attached hydrogen (secondary N) is 1. The van der Waals surface area contributed by atoms with Crippen molar-refractivity contribution in [3.63, 3.8) is 0 Å². The second-order valence-corrected chi connectivity index (χ2v) is 3.66. The fourth-order valence-electron chi connectivity index (χ4n) is 1.38. The van der Waals surface area contributed by atoms with Crippen LogP contribution in [0.5, 0.6) is 0 Å². The second-order valence-electron chi connectivity index (χ2n) is 3.66.